The predicted molar refractivity (Wildman–Crippen MR) is 245 cm³/mol. The minimum absolute atomic E-state index is 0.117. The van der Waals surface area contributed by atoms with E-state index in [1.807, 2.05) is 80.2 Å². The second kappa shape index (κ2) is 23.5. The number of rotatable bonds is 13. The highest BCUT2D eigenvalue weighted by atomic mass is 33.1. The Labute approximate surface area is 386 Å². The normalized spacial score (nSPS) is 45.3. The number of aliphatic hydroxyl groups is 4. The minimum Gasteiger partial charge on any atom is -0.459 e. The third kappa shape index (κ3) is 13.9. The van der Waals surface area contributed by atoms with Gasteiger partial charge in [0.2, 0.25) is 0 Å². The first kappa shape index (κ1) is 54.8. The van der Waals surface area contributed by atoms with Crippen LogP contribution in [0.3, 0.4) is 0 Å². The number of ether oxygens (including phenoxy) is 7. The van der Waals surface area contributed by atoms with Crippen molar-refractivity contribution in [1.29, 1.82) is 0 Å². The molecule has 0 aliphatic carbocycles. The summed E-state index contributed by atoms with van der Waals surface area (Å²) < 4.78 is 45.0. The molecule has 4 N–H and O–H groups in total. The van der Waals surface area contributed by atoms with Crippen molar-refractivity contribution in [2.75, 3.05) is 40.6 Å². The van der Waals surface area contributed by atoms with Gasteiger partial charge in [-0.2, -0.15) is 0 Å². The van der Waals surface area contributed by atoms with E-state index in [-0.39, 0.29) is 49.7 Å². The lowest BCUT2D eigenvalue weighted by Crippen LogP contribution is -2.61. The molecule has 0 bridgehead atoms. The van der Waals surface area contributed by atoms with Gasteiger partial charge in [-0.15, -0.1) is 0 Å². The topological polar surface area (TPSA) is 186 Å². The molecule has 368 valence electrons. The first-order valence-electron chi connectivity index (χ1n) is 23.4. The zero-order chi connectivity index (χ0) is 47.2. The van der Waals surface area contributed by atoms with Gasteiger partial charge in [0.25, 0.3) is 0 Å². The maximum Gasteiger partial charge on any atom is 0.311 e. The lowest BCUT2D eigenvalue weighted by atomic mass is 9.77. The summed E-state index contributed by atoms with van der Waals surface area (Å²) in [6, 6.07) is -0.829. The molecule has 1 unspecified atom stereocenters. The summed E-state index contributed by atoms with van der Waals surface area (Å²) in [7, 11) is 11.1. The molecular formula is C46H84N2O13S2. The monoisotopic (exact) mass is 937 g/mol. The second-order valence-corrected chi connectivity index (χ2v) is 23.0. The van der Waals surface area contributed by atoms with Gasteiger partial charge in [-0.3, -0.25) is 9.59 Å². The molecule has 15 nitrogen and oxygen atoms in total. The van der Waals surface area contributed by atoms with Crippen molar-refractivity contribution in [2.45, 2.75) is 223 Å². The second-order valence-electron chi connectivity index (χ2n) is 20.2. The number of hydrogen-bond acceptors (Lipinski definition) is 17. The SMILES string of the molecule is CC[C@@H]1OC(=O)[C@@H](C)[C@H](O[C@H]2C[C@@](C)(OC)[C@@H](O)[C@H](C)O2)[C@@H](C)[C@H](O[C@@H]2O[C@H](C)C[C@H](N(C)C)[C@H]2OC(=O)CCCC[C@H]2CCSS2)C(C)(O)C[C@H](C)CN(C)[C@@H](C)[C@H](O)[C@@]1(C)O. The third-order valence-corrected chi connectivity index (χ3v) is 17.3. The highest BCUT2D eigenvalue weighted by Crippen LogP contribution is 2.42. The molecule has 17 heteroatoms. The predicted octanol–water partition coefficient (Wildman–Crippen LogP) is 5.17. The molecular weight excluding hydrogens is 853 g/mol. The van der Waals surface area contributed by atoms with Crippen molar-refractivity contribution < 1.29 is 63.2 Å². The van der Waals surface area contributed by atoms with E-state index in [0.717, 1.165) is 12.8 Å². The van der Waals surface area contributed by atoms with Crippen LogP contribution in [0.25, 0.3) is 0 Å². The number of esters is 2. The summed E-state index contributed by atoms with van der Waals surface area (Å²) >= 11 is 0. The first-order valence-corrected chi connectivity index (χ1v) is 25.8. The van der Waals surface area contributed by atoms with E-state index in [9.17, 15) is 30.0 Å². The zero-order valence-electron chi connectivity index (χ0n) is 40.7. The van der Waals surface area contributed by atoms with Crippen molar-refractivity contribution >= 4 is 33.5 Å². The number of carbonyl (C=O) groups excluding carboxylic acids is 2. The Balaban J connectivity index is 1.78. The number of likely N-dealkylation sites (N-methyl/N-ethyl adjacent to an activating group) is 2. The van der Waals surface area contributed by atoms with Crippen LogP contribution in [0.5, 0.6) is 0 Å². The van der Waals surface area contributed by atoms with Crippen LogP contribution in [-0.2, 0) is 42.7 Å². The molecule has 4 rings (SSSR count). The van der Waals surface area contributed by atoms with Gasteiger partial charge in [0, 0.05) is 49.5 Å². The molecule has 0 aromatic carbocycles. The smallest absolute Gasteiger partial charge is 0.311 e. The van der Waals surface area contributed by atoms with Crippen molar-refractivity contribution in [3.63, 3.8) is 0 Å². The third-order valence-electron chi connectivity index (χ3n) is 14.3. The number of carbonyl (C=O) groups is 2. The zero-order valence-corrected chi connectivity index (χ0v) is 42.3. The van der Waals surface area contributed by atoms with Crippen LogP contribution in [-0.4, -0.2) is 178 Å². The van der Waals surface area contributed by atoms with Crippen molar-refractivity contribution in [3.8, 4) is 0 Å². The molecule has 4 aliphatic heterocycles. The standard InChI is InChI=1S/C46H84N2O13S2/c1-15-34-46(10,54)39(50)30(6)48(13)25-26(2)23-44(8,53)41(28(4)37(29(5)42(52)58-34)60-36-24-45(9,55-14)40(51)31(7)57-36)61-43-38(33(47(11)12)22-27(3)56-43)59-35(49)19-17-16-18-32-20-21-62-63-32/h26-34,36-41,43,50-51,53-54H,15-25H2,1-14H3/t26-,27+,28+,29-,30-,31-,32-,33-,34-,36-,37+,38+,39-,40-,41-,43-,44?,45+,46-/m0/s1. The van der Waals surface area contributed by atoms with Crippen LogP contribution in [0.15, 0.2) is 0 Å². The summed E-state index contributed by atoms with van der Waals surface area (Å²) in [5.74, 6) is -1.87. The summed E-state index contributed by atoms with van der Waals surface area (Å²) in [5.41, 5.74) is -4.47. The maximum absolute atomic E-state index is 14.5. The summed E-state index contributed by atoms with van der Waals surface area (Å²) in [4.78, 5) is 32.1. The number of methoxy groups -OCH3 is 1. The number of hydrogen-bond donors (Lipinski definition) is 4. The Hall–Kier alpha value is -0.800. The molecule has 0 aromatic rings. The van der Waals surface area contributed by atoms with Gasteiger partial charge in [0.05, 0.1) is 47.6 Å². The van der Waals surface area contributed by atoms with Crippen LogP contribution in [0, 0.1) is 17.8 Å². The molecule has 0 amide bonds. The van der Waals surface area contributed by atoms with Gasteiger partial charge in [0.15, 0.2) is 18.7 Å². The van der Waals surface area contributed by atoms with Gasteiger partial charge in [-0.25, -0.2) is 0 Å². The average Bonchev–Trinajstić information content (AvgIpc) is 3.74. The molecule has 0 saturated carbocycles. The fourth-order valence-corrected chi connectivity index (χ4v) is 13.3. The van der Waals surface area contributed by atoms with Crippen molar-refractivity contribution in [3.05, 3.63) is 0 Å². The van der Waals surface area contributed by atoms with Gasteiger partial charge in [-0.1, -0.05) is 48.8 Å². The Morgan fingerprint density at radius 2 is 1.65 bits per heavy atom. The number of nitrogens with zero attached hydrogens (tertiary/aromatic N) is 2. The Bertz CT molecular complexity index is 1440. The van der Waals surface area contributed by atoms with Gasteiger partial charge >= 0.3 is 11.9 Å². The summed E-state index contributed by atoms with van der Waals surface area (Å²) in [6.45, 7) is 18.2. The van der Waals surface area contributed by atoms with Crippen LogP contribution in [0.2, 0.25) is 0 Å². The van der Waals surface area contributed by atoms with Gasteiger partial charge in [-0.05, 0) is 114 Å². The molecule has 19 atom stereocenters. The minimum atomic E-state index is -1.82. The van der Waals surface area contributed by atoms with E-state index in [0.29, 0.717) is 24.6 Å². The fraction of sp³-hybridized carbons (Fsp3) is 0.957. The Morgan fingerprint density at radius 3 is 2.25 bits per heavy atom. The fourth-order valence-electron chi connectivity index (χ4n) is 10.3. The molecule has 4 heterocycles. The van der Waals surface area contributed by atoms with Crippen molar-refractivity contribution in [2.24, 2.45) is 17.8 Å². The van der Waals surface area contributed by atoms with E-state index in [2.05, 4.69) is 0 Å². The van der Waals surface area contributed by atoms with Crippen molar-refractivity contribution in [1.82, 2.24) is 9.80 Å². The largest absolute Gasteiger partial charge is 0.459 e. The van der Waals surface area contributed by atoms with E-state index in [1.54, 1.807) is 34.6 Å². The first-order chi connectivity index (χ1) is 29.4. The van der Waals surface area contributed by atoms with E-state index < -0.39 is 96.0 Å². The molecule has 4 saturated heterocycles. The molecule has 4 fully saturated rings. The van der Waals surface area contributed by atoms with Crippen LogP contribution >= 0.6 is 21.6 Å². The van der Waals surface area contributed by atoms with E-state index >= 15 is 0 Å². The highest BCUT2D eigenvalue weighted by Gasteiger charge is 2.53. The average molecular weight is 937 g/mol. The maximum atomic E-state index is 14.5. The quantitative estimate of drug-likeness (QED) is 0.108. The highest BCUT2D eigenvalue weighted by molar-refractivity contribution is 8.77. The van der Waals surface area contributed by atoms with Crippen LogP contribution < -0.4 is 0 Å². The Morgan fingerprint density at radius 1 is 0.968 bits per heavy atom. The van der Waals surface area contributed by atoms with Gasteiger partial charge < -0.3 is 63.4 Å². The van der Waals surface area contributed by atoms with Crippen LogP contribution in [0.1, 0.15) is 127 Å². The number of aliphatic hydroxyl groups excluding tert-OH is 2. The number of unbranched alkanes of at least 4 members (excludes halogenated alkanes) is 1. The lowest BCUT2D eigenvalue weighted by molar-refractivity contribution is -0.319. The number of cyclic esters (lactones) is 1. The van der Waals surface area contributed by atoms with E-state index in [4.69, 9.17) is 33.2 Å². The van der Waals surface area contributed by atoms with E-state index in [1.165, 1.54) is 26.2 Å². The summed E-state index contributed by atoms with van der Waals surface area (Å²) in [6.07, 6.45) is -4.13. The lowest BCUT2D eigenvalue weighted by Gasteiger charge is -2.49. The van der Waals surface area contributed by atoms with Gasteiger partial charge in [0.1, 0.15) is 23.9 Å². The molecule has 0 aromatic heterocycles. The molecule has 4 aliphatic rings. The van der Waals surface area contributed by atoms with Crippen LogP contribution in [0.4, 0.5) is 0 Å². The molecule has 0 radical (unpaired) electrons. The molecule has 0 spiro atoms. The summed E-state index contributed by atoms with van der Waals surface area (Å²) in [5, 5.41) is 48.1. The molecule has 63 heavy (non-hydrogen) atoms. The Kier molecular flexibility index (Phi) is 20.4.